The molecule has 0 heterocycles. The maximum absolute atomic E-state index is 8.25. The van der Waals surface area contributed by atoms with E-state index in [1.807, 2.05) is 0 Å². The van der Waals surface area contributed by atoms with Gasteiger partial charge in [-0.2, -0.15) is 4.58 Å². The van der Waals surface area contributed by atoms with Crippen LogP contribution in [0.1, 0.15) is 31.2 Å². The van der Waals surface area contributed by atoms with Crippen molar-refractivity contribution in [2.75, 3.05) is 4.90 Å². The zero-order valence-corrected chi connectivity index (χ0v) is 31.6. The fourth-order valence-corrected chi connectivity index (χ4v) is 13.4. The quantitative estimate of drug-likeness (QED) is 0.124. The van der Waals surface area contributed by atoms with Crippen molar-refractivity contribution in [3.63, 3.8) is 0 Å². The van der Waals surface area contributed by atoms with E-state index in [9.17, 15) is 0 Å². The Balaban J connectivity index is 0.981. The number of hydrogen-bond acceptors (Lipinski definition) is 1. The highest BCUT2D eigenvalue weighted by molar-refractivity contribution is 6.26. The van der Waals surface area contributed by atoms with Crippen LogP contribution in [0.15, 0.2) is 205 Å². The number of rotatable bonds is 6. The van der Waals surface area contributed by atoms with Crippen LogP contribution in [0.25, 0.3) is 0 Å². The Bertz CT molecular complexity index is 2320. The molecule has 2 nitrogen and oxygen atoms in total. The van der Waals surface area contributed by atoms with Gasteiger partial charge >= 0.3 is 0 Å². The van der Waals surface area contributed by atoms with Crippen molar-refractivity contribution in [2.45, 2.75) is 36.0 Å². The van der Waals surface area contributed by atoms with Crippen LogP contribution >= 0.6 is 11.6 Å². The normalized spacial score (nSPS) is 30.5. The number of fused-ring (bicyclic) bond motifs is 2. The number of halogens is 1. The Kier molecular flexibility index (Phi) is 7.52. The SMILES string of the molecule is ClC12C3CCC1C1CCC3C1(c1ccc(N(c3ccccc3)c3ccccc3)cc1)C21C=CC(=C2C=CC(=[N+](c3ccccc3)c3ccccc3)C=C2)C=C1. The molecule has 0 aromatic heterocycles. The zero-order valence-electron chi connectivity index (χ0n) is 30.9. The minimum Gasteiger partial charge on any atom is -0.311 e. The Morgan fingerprint density at radius 3 is 1.36 bits per heavy atom. The van der Waals surface area contributed by atoms with Gasteiger partial charge in [0.2, 0.25) is 17.1 Å². The van der Waals surface area contributed by atoms with Crippen LogP contribution in [0.2, 0.25) is 0 Å². The van der Waals surface area contributed by atoms with Crippen molar-refractivity contribution in [3.8, 4) is 0 Å². The first-order chi connectivity index (χ1) is 27.1. The summed E-state index contributed by atoms with van der Waals surface area (Å²) in [5.41, 5.74) is 10.7. The summed E-state index contributed by atoms with van der Waals surface area (Å²) in [7, 11) is 0. The molecule has 268 valence electrons. The van der Waals surface area contributed by atoms with Crippen molar-refractivity contribution in [3.05, 3.63) is 211 Å². The van der Waals surface area contributed by atoms with Crippen molar-refractivity contribution in [1.29, 1.82) is 0 Å². The Morgan fingerprint density at radius 2 is 0.873 bits per heavy atom. The van der Waals surface area contributed by atoms with E-state index in [0.717, 1.165) is 28.5 Å². The zero-order chi connectivity index (χ0) is 36.6. The van der Waals surface area contributed by atoms with Gasteiger partial charge in [0.05, 0.1) is 4.87 Å². The molecule has 5 aromatic rings. The highest BCUT2D eigenvalue weighted by atomic mass is 35.5. The molecule has 11 rings (SSSR count). The first-order valence-electron chi connectivity index (χ1n) is 20.1. The first-order valence-corrected chi connectivity index (χ1v) is 20.5. The summed E-state index contributed by atoms with van der Waals surface area (Å²) in [4.78, 5) is 2.13. The molecular formula is C52H44ClN2+. The summed E-state index contributed by atoms with van der Waals surface area (Å²) >= 11 is 8.25. The predicted octanol–water partition coefficient (Wildman–Crippen LogP) is 13.0. The number of alkyl halides is 1. The van der Waals surface area contributed by atoms with Crippen LogP contribution in [0.4, 0.5) is 28.4 Å². The average molecular weight is 732 g/mol. The molecule has 5 aromatic carbocycles. The number of benzene rings is 5. The van der Waals surface area contributed by atoms with Crippen LogP contribution in [0.3, 0.4) is 0 Å². The third-order valence-electron chi connectivity index (χ3n) is 14.3. The molecule has 4 unspecified atom stereocenters. The smallest absolute Gasteiger partial charge is 0.211 e. The highest BCUT2D eigenvalue weighted by Crippen LogP contribution is 2.87. The molecule has 0 N–H and O–H groups in total. The van der Waals surface area contributed by atoms with Gasteiger partial charge in [0.15, 0.2) is 0 Å². The molecule has 0 amide bonds. The fourth-order valence-electron chi connectivity index (χ4n) is 12.5. The third-order valence-corrected chi connectivity index (χ3v) is 15.2. The van der Waals surface area contributed by atoms with Gasteiger partial charge < -0.3 is 4.90 Å². The Hall–Kier alpha value is -5.44. The number of anilines is 3. The second kappa shape index (κ2) is 12.5. The summed E-state index contributed by atoms with van der Waals surface area (Å²) in [6.45, 7) is 0. The largest absolute Gasteiger partial charge is 0.311 e. The molecule has 55 heavy (non-hydrogen) atoms. The molecule has 6 aliphatic rings. The van der Waals surface area contributed by atoms with Crippen molar-refractivity contribution in [2.24, 2.45) is 29.1 Å². The van der Waals surface area contributed by atoms with Gasteiger partial charge in [0.1, 0.15) is 0 Å². The third kappa shape index (κ3) is 4.52. The molecule has 1 spiro atoms. The second-order valence-corrected chi connectivity index (χ2v) is 16.9. The van der Waals surface area contributed by atoms with Gasteiger partial charge in [-0.25, -0.2) is 0 Å². The van der Waals surface area contributed by atoms with Gasteiger partial charge in [0.25, 0.3) is 0 Å². The van der Waals surface area contributed by atoms with Crippen LogP contribution in [0, 0.1) is 29.1 Å². The molecule has 6 aliphatic carbocycles. The van der Waals surface area contributed by atoms with E-state index in [1.54, 1.807) is 0 Å². The lowest BCUT2D eigenvalue weighted by Crippen LogP contribution is -2.45. The summed E-state index contributed by atoms with van der Waals surface area (Å²) in [6.07, 6.45) is 24.1. The van der Waals surface area contributed by atoms with E-state index in [0.29, 0.717) is 23.7 Å². The maximum Gasteiger partial charge on any atom is 0.211 e. The average Bonchev–Trinajstić information content (AvgIpc) is 3.82. The fraction of sp³-hybridized carbons (Fsp3) is 0.212. The molecule has 4 fully saturated rings. The van der Waals surface area contributed by atoms with Crippen molar-refractivity contribution in [1.82, 2.24) is 4.58 Å². The van der Waals surface area contributed by atoms with Crippen molar-refractivity contribution >= 4 is 45.7 Å². The van der Waals surface area contributed by atoms with E-state index in [-0.39, 0.29) is 15.7 Å². The molecule has 3 heteroatoms. The number of para-hydroxylation sites is 4. The monoisotopic (exact) mass is 731 g/mol. The molecule has 0 saturated heterocycles. The summed E-state index contributed by atoms with van der Waals surface area (Å²) in [5, 5.41) is 0. The van der Waals surface area contributed by atoms with E-state index in [4.69, 9.17) is 11.6 Å². The lowest BCUT2D eigenvalue weighted by Gasteiger charge is -2.46. The van der Waals surface area contributed by atoms with Crippen LogP contribution in [-0.4, -0.2) is 10.6 Å². The molecular weight excluding hydrogens is 688 g/mol. The molecule has 0 radical (unpaired) electrons. The lowest BCUT2D eigenvalue weighted by molar-refractivity contribution is 0.186. The van der Waals surface area contributed by atoms with E-state index >= 15 is 0 Å². The Morgan fingerprint density at radius 1 is 0.455 bits per heavy atom. The van der Waals surface area contributed by atoms with Crippen LogP contribution < -0.4 is 9.48 Å². The maximum atomic E-state index is 8.25. The molecule has 0 aliphatic heterocycles. The lowest BCUT2D eigenvalue weighted by atomic mass is 9.57. The van der Waals surface area contributed by atoms with Gasteiger partial charge in [-0.3, -0.25) is 0 Å². The topological polar surface area (TPSA) is 6.25 Å². The second-order valence-electron chi connectivity index (χ2n) is 16.3. The van der Waals surface area contributed by atoms with Gasteiger partial charge in [-0.15, -0.1) is 11.6 Å². The van der Waals surface area contributed by atoms with Gasteiger partial charge in [0, 0.05) is 64.3 Å². The van der Waals surface area contributed by atoms with Gasteiger partial charge in [-0.05, 0) is 115 Å². The predicted molar refractivity (Wildman–Crippen MR) is 229 cm³/mol. The first kappa shape index (κ1) is 32.9. The molecule has 4 saturated carbocycles. The van der Waals surface area contributed by atoms with E-state index in [1.165, 1.54) is 48.1 Å². The summed E-state index contributed by atoms with van der Waals surface area (Å²) < 4.78 is 2.32. The molecule has 2 bridgehead atoms. The minimum atomic E-state index is -0.244. The molecule has 4 atom stereocenters. The Labute approximate surface area is 329 Å². The highest BCUT2D eigenvalue weighted by Gasteiger charge is 2.87. The van der Waals surface area contributed by atoms with Crippen molar-refractivity contribution < 1.29 is 0 Å². The minimum absolute atomic E-state index is 0.00229. The standard InChI is InChI=1S/C52H44ClN2/c53-52-48-31-32-49(52)47-30-29-46(48)51(47,39-23-27-45(28-24-39)55(42-17-9-3-10-18-42)43-19-11-4-12-20-43)50(52)35-33-38(34-36-50)37-21-25-44(26-22-37)54(40-13-5-1-6-14-40)41-15-7-2-8-16-41/h1-28,33-36,46-49H,29-32H2/q+1. The van der Waals surface area contributed by atoms with Crippen LogP contribution in [0.5, 0.6) is 0 Å². The van der Waals surface area contributed by atoms with E-state index < -0.39 is 0 Å². The van der Waals surface area contributed by atoms with Gasteiger partial charge in [-0.1, -0.05) is 109 Å². The van der Waals surface area contributed by atoms with Crippen LogP contribution in [-0.2, 0) is 5.41 Å². The number of hydrogen-bond donors (Lipinski definition) is 0. The summed E-state index contributed by atoms with van der Waals surface area (Å²) in [6, 6.07) is 52.4. The van der Waals surface area contributed by atoms with E-state index in [2.05, 4.69) is 204 Å². The number of nitrogens with zero attached hydrogens (tertiary/aromatic N) is 2. The summed E-state index contributed by atoms with van der Waals surface area (Å²) in [5.74, 6) is 2.27. The number of allylic oxidation sites excluding steroid dienone is 10.